The first-order valence-corrected chi connectivity index (χ1v) is 9.23. The molecule has 1 aliphatic carbocycles. The Bertz CT molecular complexity index is 686. The van der Waals surface area contributed by atoms with Crippen molar-refractivity contribution in [3.05, 3.63) is 108 Å². The highest BCUT2D eigenvalue weighted by Gasteiger charge is 2.05. The summed E-state index contributed by atoms with van der Waals surface area (Å²) in [5, 5.41) is 3.49. The third-order valence-electron chi connectivity index (χ3n) is 4.35. The summed E-state index contributed by atoms with van der Waals surface area (Å²) >= 11 is 0. The van der Waals surface area contributed by atoms with Crippen molar-refractivity contribution in [3.63, 3.8) is 0 Å². The van der Waals surface area contributed by atoms with Gasteiger partial charge in [-0.3, -0.25) is 0 Å². The average molecular weight is 348 g/mol. The predicted octanol–water partition coefficient (Wildman–Crippen LogP) is 7.04. The number of hydrogen-bond acceptors (Lipinski definition) is 1. The topological polar surface area (TPSA) is 12.0 Å². The van der Waals surface area contributed by atoms with Gasteiger partial charge in [-0.05, 0) is 56.7 Å². The van der Waals surface area contributed by atoms with E-state index >= 15 is 0 Å². The maximum Gasteiger partial charge on any atom is 0.0400 e. The highest BCUT2D eigenvalue weighted by atomic mass is 14.9. The lowest BCUT2D eigenvalue weighted by Crippen LogP contribution is -2.13. The molecule has 0 saturated carbocycles. The second-order valence-electron chi connectivity index (χ2n) is 6.67. The number of benzene rings is 1. The summed E-state index contributed by atoms with van der Waals surface area (Å²) < 4.78 is 0. The molecule has 1 heteroatoms. The summed E-state index contributed by atoms with van der Waals surface area (Å²) in [6.45, 7) is 19.4. The molecule has 0 fully saturated rings. The van der Waals surface area contributed by atoms with Gasteiger partial charge in [0.2, 0.25) is 0 Å². The first-order valence-electron chi connectivity index (χ1n) is 9.23. The maximum absolute atomic E-state index is 4.23. The van der Waals surface area contributed by atoms with Crippen molar-refractivity contribution in [2.45, 2.75) is 46.1 Å². The lowest BCUT2D eigenvalue weighted by Gasteiger charge is -2.14. The molecule has 1 N–H and O–H groups in total. The van der Waals surface area contributed by atoms with Crippen molar-refractivity contribution in [1.82, 2.24) is 5.32 Å². The molecule has 26 heavy (non-hydrogen) atoms. The van der Waals surface area contributed by atoms with E-state index in [1.807, 2.05) is 13.0 Å². The molecule has 0 bridgehead atoms. The first-order chi connectivity index (χ1) is 12.5. The number of rotatable bonds is 8. The van der Waals surface area contributed by atoms with Gasteiger partial charge in [0.1, 0.15) is 0 Å². The Hall–Kier alpha value is -2.54. The summed E-state index contributed by atoms with van der Waals surface area (Å²) in [5.41, 5.74) is 7.56. The van der Waals surface area contributed by atoms with E-state index in [-0.39, 0.29) is 0 Å². The molecule has 2 rings (SSSR count). The Morgan fingerprint density at radius 3 is 2.35 bits per heavy atom. The summed E-state index contributed by atoms with van der Waals surface area (Å²) in [6, 6.07) is 10.4. The quantitative estimate of drug-likeness (QED) is 0.393. The number of allylic oxidation sites excluding steroid dienone is 7. The lowest BCUT2D eigenvalue weighted by atomic mass is 9.94. The van der Waals surface area contributed by atoms with E-state index in [0.29, 0.717) is 0 Å². The van der Waals surface area contributed by atoms with Crippen LogP contribution in [0.3, 0.4) is 0 Å². The third kappa shape index (κ3) is 8.02. The van der Waals surface area contributed by atoms with Gasteiger partial charge in [-0.25, -0.2) is 0 Å². The van der Waals surface area contributed by atoms with E-state index in [0.717, 1.165) is 36.2 Å². The summed E-state index contributed by atoms with van der Waals surface area (Å²) in [7, 11) is 0. The summed E-state index contributed by atoms with van der Waals surface area (Å²) in [5.74, 6) is 0. The maximum atomic E-state index is 4.23. The highest BCUT2D eigenvalue weighted by Crippen LogP contribution is 2.23. The number of hydrogen-bond donors (Lipinski definition) is 1. The molecule has 1 aromatic rings. The van der Waals surface area contributed by atoms with Gasteiger partial charge < -0.3 is 5.32 Å². The molecule has 1 nitrogen and oxygen atoms in total. The average Bonchev–Trinajstić information content (AvgIpc) is 2.67. The minimum absolute atomic E-state index is 0.808. The van der Waals surface area contributed by atoms with Crippen LogP contribution in [-0.4, -0.2) is 0 Å². The minimum Gasteiger partial charge on any atom is -0.381 e. The molecule has 0 atom stereocenters. The van der Waals surface area contributed by atoms with Gasteiger partial charge in [-0.15, -0.1) is 13.2 Å². The molecule has 0 aliphatic heterocycles. The van der Waals surface area contributed by atoms with E-state index < -0.39 is 0 Å². The Balaban J connectivity index is 0.00000163. The van der Waals surface area contributed by atoms with Crippen molar-refractivity contribution >= 4 is 0 Å². The molecule has 0 radical (unpaired) electrons. The smallest absolute Gasteiger partial charge is 0.0400 e. The van der Waals surface area contributed by atoms with Crippen LogP contribution in [0.4, 0.5) is 0 Å². The summed E-state index contributed by atoms with van der Waals surface area (Å²) in [6.07, 6.45) is 11.2. The number of nitrogens with one attached hydrogen (secondary N) is 1. The second kappa shape index (κ2) is 11.9. The van der Waals surface area contributed by atoms with Crippen molar-refractivity contribution < 1.29 is 0 Å². The second-order valence-corrected chi connectivity index (χ2v) is 6.67. The van der Waals surface area contributed by atoms with Crippen molar-refractivity contribution in [3.8, 4) is 0 Å². The molecule has 0 heterocycles. The fourth-order valence-electron chi connectivity index (χ4n) is 2.71. The van der Waals surface area contributed by atoms with Crippen LogP contribution < -0.4 is 5.32 Å². The Labute approximate surface area is 160 Å². The normalized spacial score (nSPS) is 13.7. The Morgan fingerprint density at radius 2 is 1.77 bits per heavy atom. The molecule has 0 aromatic heterocycles. The molecule has 0 saturated heterocycles. The summed E-state index contributed by atoms with van der Waals surface area (Å²) in [4.78, 5) is 0. The molecule has 1 aromatic carbocycles. The predicted molar refractivity (Wildman–Crippen MR) is 117 cm³/mol. The van der Waals surface area contributed by atoms with Gasteiger partial charge in [-0.2, -0.15) is 0 Å². The zero-order chi connectivity index (χ0) is 19.4. The largest absolute Gasteiger partial charge is 0.381 e. The zero-order valence-electron chi connectivity index (χ0n) is 16.5. The van der Waals surface area contributed by atoms with Crippen LogP contribution in [0.2, 0.25) is 0 Å². The van der Waals surface area contributed by atoms with Crippen LogP contribution in [-0.2, 0) is 6.54 Å². The van der Waals surface area contributed by atoms with E-state index in [4.69, 9.17) is 0 Å². The van der Waals surface area contributed by atoms with Crippen LogP contribution >= 0.6 is 0 Å². The molecule has 138 valence electrons. The van der Waals surface area contributed by atoms with E-state index in [9.17, 15) is 0 Å². The molecule has 0 amide bonds. The fraction of sp³-hybridized carbons (Fsp3) is 0.280. The van der Waals surface area contributed by atoms with Crippen LogP contribution in [0.5, 0.6) is 0 Å². The molecular weight excluding hydrogens is 314 g/mol. The SMILES string of the molecule is C=C.C=C(/C=C(/NCc1ccccc1)C(=C)C)CCC1=CC=C(C)CC1. The highest BCUT2D eigenvalue weighted by molar-refractivity contribution is 5.33. The van der Waals surface area contributed by atoms with Crippen LogP contribution in [0.25, 0.3) is 0 Å². The van der Waals surface area contributed by atoms with Gasteiger partial charge in [0.25, 0.3) is 0 Å². The molecule has 0 unspecified atom stereocenters. The fourth-order valence-corrected chi connectivity index (χ4v) is 2.71. The zero-order valence-corrected chi connectivity index (χ0v) is 16.5. The Kier molecular flexibility index (Phi) is 9.86. The van der Waals surface area contributed by atoms with Gasteiger partial charge in [0, 0.05) is 12.2 Å². The van der Waals surface area contributed by atoms with Crippen LogP contribution in [0, 0.1) is 0 Å². The van der Waals surface area contributed by atoms with Gasteiger partial charge >= 0.3 is 0 Å². The van der Waals surface area contributed by atoms with Gasteiger partial charge in [-0.1, -0.05) is 72.4 Å². The van der Waals surface area contributed by atoms with Crippen molar-refractivity contribution in [2.75, 3.05) is 0 Å². The van der Waals surface area contributed by atoms with Crippen molar-refractivity contribution in [2.24, 2.45) is 0 Å². The molecule has 0 spiro atoms. The molecular formula is C25H33N. The van der Waals surface area contributed by atoms with Crippen LogP contribution in [0.15, 0.2) is 103 Å². The standard InChI is InChI=1S/C23H29N.C2H4/c1-18(2)23(24-17-22-8-6-5-7-9-22)16-20(4)12-15-21-13-10-19(3)11-14-21;1-2/h5-10,13,16,24H,1,4,11-12,14-15,17H2,2-3H3;1-2H2/b23-16+;. The Morgan fingerprint density at radius 1 is 1.08 bits per heavy atom. The van der Waals surface area contributed by atoms with Gasteiger partial charge in [0.15, 0.2) is 0 Å². The van der Waals surface area contributed by atoms with E-state index in [1.54, 1.807) is 0 Å². The minimum atomic E-state index is 0.808. The van der Waals surface area contributed by atoms with E-state index in [2.05, 4.69) is 81.0 Å². The van der Waals surface area contributed by atoms with Gasteiger partial charge in [0.05, 0.1) is 0 Å². The van der Waals surface area contributed by atoms with Crippen LogP contribution in [0.1, 0.15) is 45.1 Å². The monoisotopic (exact) mass is 347 g/mol. The lowest BCUT2D eigenvalue weighted by molar-refractivity contribution is 0.804. The van der Waals surface area contributed by atoms with E-state index in [1.165, 1.54) is 29.6 Å². The first kappa shape index (κ1) is 21.5. The third-order valence-corrected chi connectivity index (χ3v) is 4.35. The van der Waals surface area contributed by atoms with Crippen molar-refractivity contribution in [1.29, 1.82) is 0 Å². The molecule has 1 aliphatic rings.